The first-order valence-corrected chi connectivity index (χ1v) is 6.93. The van der Waals surface area contributed by atoms with Gasteiger partial charge >= 0.3 is 0 Å². The highest BCUT2D eigenvalue weighted by Crippen LogP contribution is 2.11. The van der Waals surface area contributed by atoms with Crippen molar-refractivity contribution < 1.29 is 4.79 Å². The Balaban J connectivity index is 1.82. The molecule has 1 amide bonds. The van der Waals surface area contributed by atoms with Gasteiger partial charge in [-0.1, -0.05) is 17.7 Å². The van der Waals surface area contributed by atoms with Crippen molar-refractivity contribution in [3.8, 4) is 0 Å². The lowest BCUT2D eigenvalue weighted by Crippen LogP contribution is -2.46. The average Bonchev–Trinajstić information content (AvgIpc) is 2.41. The van der Waals surface area contributed by atoms with E-state index in [2.05, 4.69) is 15.5 Å². The monoisotopic (exact) mass is 261 g/mol. The van der Waals surface area contributed by atoms with E-state index in [0.29, 0.717) is 12.6 Å². The molecule has 4 heteroatoms. The number of hydrogen-bond acceptors (Lipinski definition) is 3. The zero-order valence-corrected chi connectivity index (χ0v) is 11.8. The molecule has 2 N–H and O–H groups in total. The second-order valence-corrected chi connectivity index (χ2v) is 5.28. The number of likely N-dealkylation sites (N-methyl/N-ethyl adjacent to an activating group) is 1. The maximum atomic E-state index is 12.0. The number of piperidine rings is 1. The molecule has 1 fully saturated rings. The number of anilines is 1. The normalized spacial score (nSPS) is 20.2. The summed E-state index contributed by atoms with van der Waals surface area (Å²) in [5.41, 5.74) is 2.07. The van der Waals surface area contributed by atoms with Gasteiger partial charge in [0.15, 0.2) is 0 Å². The Bertz CT molecular complexity index is 416. The second-order valence-electron chi connectivity index (χ2n) is 5.28. The van der Waals surface area contributed by atoms with Gasteiger partial charge < -0.3 is 10.6 Å². The van der Waals surface area contributed by atoms with Gasteiger partial charge in [-0.25, -0.2) is 0 Å². The molecule has 1 aliphatic rings. The standard InChI is InChI=1S/C15H23N3O/c1-12-5-7-13(8-6-12)17-15(19)11-18-9-3-4-14(10-18)16-2/h5-8,14,16H,3-4,9-11H2,1-2H3,(H,17,19). The highest BCUT2D eigenvalue weighted by Gasteiger charge is 2.20. The maximum Gasteiger partial charge on any atom is 0.238 e. The summed E-state index contributed by atoms with van der Waals surface area (Å²) >= 11 is 0. The van der Waals surface area contributed by atoms with E-state index in [4.69, 9.17) is 0 Å². The van der Waals surface area contributed by atoms with Crippen LogP contribution in [0.1, 0.15) is 18.4 Å². The zero-order valence-electron chi connectivity index (χ0n) is 11.8. The summed E-state index contributed by atoms with van der Waals surface area (Å²) in [6.45, 7) is 4.49. The van der Waals surface area contributed by atoms with E-state index < -0.39 is 0 Å². The fraction of sp³-hybridized carbons (Fsp3) is 0.533. The SMILES string of the molecule is CNC1CCCN(CC(=O)Nc2ccc(C)cc2)C1. The molecule has 0 radical (unpaired) electrons. The van der Waals surface area contributed by atoms with Crippen molar-refractivity contribution in [2.45, 2.75) is 25.8 Å². The number of aryl methyl sites for hydroxylation is 1. The number of rotatable bonds is 4. The number of benzene rings is 1. The number of carbonyl (C=O) groups is 1. The van der Waals surface area contributed by atoms with E-state index in [9.17, 15) is 4.79 Å². The Labute approximate surface area is 115 Å². The van der Waals surface area contributed by atoms with Gasteiger partial charge in [-0.05, 0) is 45.5 Å². The van der Waals surface area contributed by atoms with Crippen molar-refractivity contribution in [1.29, 1.82) is 0 Å². The lowest BCUT2D eigenvalue weighted by molar-refractivity contribution is -0.117. The Morgan fingerprint density at radius 2 is 2.11 bits per heavy atom. The van der Waals surface area contributed by atoms with E-state index in [0.717, 1.165) is 25.2 Å². The fourth-order valence-corrected chi connectivity index (χ4v) is 2.48. The molecule has 1 saturated heterocycles. The van der Waals surface area contributed by atoms with Crippen LogP contribution in [0.3, 0.4) is 0 Å². The maximum absolute atomic E-state index is 12.0. The van der Waals surface area contributed by atoms with Crippen molar-refractivity contribution >= 4 is 11.6 Å². The molecule has 1 aromatic rings. The van der Waals surface area contributed by atoms with Crippen molar-refractivity contribution in [3.05, 3.63) is 29.8 Å². The van der Waals surface area contributed by atoms with E-state index >= 15 is 0 Å². The smallest absolute Gasteiger partial charge is 0.238 e. The van der Waals surface area contributed by atoms with Gasteiger partial charge in [0.2, 0.25) is 5.91 Å². The molecule has 0 aromatic heterocycles. The largest absolute Gasteiger partial charge is 0.325 e. The van der Waals surface area contributed by atoms with Crippen molar-refractivity contribution in [2.24, 2.45) is 0 Å². The van der Waals surface area contributed by atoms with Gasteiger partial charge in [0.1, 0.15) is 0 Å². The number of hydrogen-bond donors (Lipinski definition) is 2. The predicted molar refractivity (Wildman–Crippen MR) is 78.3 cm³/mol. The van der Waals surface area contributed by atoms with Gasteiger partial charge in [-0.2, -0.15) is 0 Å². The van der Waals surface area contributed by atoms with Crippen LogP contribution in [-0.2, 0) is 4.79 Å². The molecule has 0 bridgehead atoms. The van der Waals surface area contributed by atoms with Crippen LogP contribution in [0.2, 0.25) is 0 Å². The Hall–Kier alpha value is -1.39. The third-order valence-electron chi connectivity index (χ3n) is 3.62. The van der Waals surface area contributed by atoms with Crippen LogP contribution in [0.25, 0.3) is 0 Å². The summed E-state index contributed by atoms with van der Waals surface area (Å²) in [6.07, 6.45) is 2.36. The van der Waals surface area contributed by atoms with Crippen LogP contribution in [0, 0.1) is 6.92 Å². The van der Waals surface area contributed by atoms with Crippen LogP contribution in [0.4, 0.5) is 5.69 Å². The minimum atomic E-state index is 0.0700. The van der Waals surface area contributed by atoms with Crippen LogP contribution in [0.15, 0.2) is 24.3 Å². The highest BCUT2D eigenvalue weighted by atomic mass is 16.2. The van der Waals surface area contributed by atoms with E-state index in [1.165, 1.54) is 12.0 Å². The van der Waals surface area contributed by atoms with Crippen molar-refractivity contribution in [1.82, 2.24) is 10.2 Å². The van der Waals surface area contributed by atoms with Crippen LogP contribution >= 0.6 is 0 Å². The van der Waals surface area contributed by atoms with Crippen molar-refractivity contribution in [3.63, 3.8) is 0 Å². The van der Waals surface area contributed by atoms with Gasteiger partial charge in [-0.15, -0.1) is 0 Å². The molecule has 4 nitrogen and oxygen atoms in total. The summed E-state index contributed by atoms with van der Waals surface area (Å²) in [4.78, 5) is 14.2. The summed E-state index contributed by atoms with van der Waals surface area (Å²) in [5.74, 6) is 0.0700. The van der Waals surface area contributed by atoms with E-state index in [1.807, 2.05) is 38.2 Å². The topological polar surface area (TPSA) is 44.4 Å². The summed E-state index contributed by atoms with van der Waals surface area (Å²) < 4.78 is 0. The van der Waals surface area contributed by atoms with Crippen LogP contribution < -0.4 is 10.6 Å². The first-order valence-electron chi connectivity index (χ1n) is 6.93. The molecule has 0 saturated carbocycles. The molecular weight excluding hydrogens is 238 g/mol. The van der Waals surface area contributed by atoms with E-state index in [1.54, 1.807) is 0 Å². The molecule has 0 aliphatic carbocycles. The summed E-state index contributed by atoms with van der Waals surface area (Å²) in [5, 5.41) is 6.24. The minimum absolute atomic E-state index is 0.0700. The molecule has 2 rings (SSSR count). The number of nitrogens with zero attached hydrogens (tertiary/aromatic N) is 1. The lowest BCUT2D eigenvalue weighted by atomic mass is 10.1. The molecule has 0 spiro atoms. The number of carbonyl (C=O) groups excluding carboxylic acids is 1. The Kier molecular flexibility index (Phi) is 4.93. The lowest BCUT2D eigenvalue weighted by Gasteiger charge is -2.31. The number of likely N-dealkylation sites (tertiary alicyclic amines) is 1. The molecule has 1 aliphatic heterocycles. The molecule has 19 heavy (non-hydrogen) atoms. The molecule has 1 heterocycles. The Morgan fingerprint density at radius 3 is 2.79 bits per heavy atom. The number of nitrogens with one attached hydrogen (secondary N) is 2. The first-order chi connectivity index (χ1) is 9.17. The molecule has 1 unspecified atom stereocenters. The quantitative estimate of drug-likeness (QED) is 0.865. The second kappa shape index (κ2) is 6.68. The molecule has 1 aromatic carbocycles. The summed E-state index contributed by atoms with van der Waals surface area (Å²) in [7, 11) is 1.99. The third-order valence-corrected chi connectivity index (χ3v) is 3.62. The predicted octanol–water partition coefficient (Wildman–Crippen LogP) is 1.62. The van der Waals surface area contributed by atoms with Gasteiger partial charge in [0.25, 0.3) is 0 Å². The van der Waals surface area contributed by atoms with Crippen LogP contribution in [-0.4, -0.2) is 43.5 Å². The Morgan fingerprint density at radius 1 is 1.37 bits per heavy atom. The third kappa shape index (κ3) is 4.33. The molecule has 1 atom stereocenters. The van der Waals surface area contributed by atoms with Gasteiger partial charge in [0.05, 0.1) is 6.54 Å². The zero-order chi connectivity index (χ0) is 13.7. The van der Waals surface area contributed by atoms with E-state index in [-0.39, 0.29) is 5.91 Å². The first kappa shape index (κ1) is 14.0. The molecule has 104 valence electrons. The average molecular weight is 261 g/mol. The number of amides is 1. The molecular formula is C15H23N3O. The van der Waals surface area contributed by atoms with Gasteiger partial charge in [0, 0.05) is 18.3 Å². The fourth-order valence-electron chi connectivity index (χ4n) is 2.48. The van der Waals surface area contributed by atoms with Crippen molar-refractivity contribution in [2.75, 3.05) is 32.0 Å². The van der Waals surface area contributed by atoms with Crippen LogP contribution in [0.5, 0.6) is 0 Å². The minimum Gasteiger partial charge on any atom is -0.325 e. The summed E-state index contributed by atoms with van der Waals surface area (Å²) in [6, 6.07) is 8.42. The highest BCUT2D eigenvalue weighted by molar-refractivity contribution is 5.92. The van der Waals surface area contributed by atoms with Gasteiger partial charge in [-0.3, -0.25) is 9.69 Å².